The van der Waals surface area contributed by atoms with E-state index in [0.717, 1.165) is 6.26 Å². The number of carboxylic acids is 1. The van der Waals surface area contributed by atoms with Gasteiger partial charge < -0.3 is 20.1 Å². The summed E-state index contributed by atoms with van der Waals surface area (Å²) in [6, 6.07) is -0.272. The summed E-state index contributed by atoms with van der Waals surface area (Å²) in [7, 11) is -3.20. The van der Waals surface area contributed by atoms with Crippen LogP contribution in [-0.2, 0) is 19.6 Å². The Morgan fingerprint density at radius 2 is 1.95 bits per heavy atom. The van der Waals surface area contributed by atoms with Crippen LogP contribution in [0, 0.1) is 0 Å². The molecular formula is C11H21N3O6S. The zero-order chi connectivity index (χ0) is 16.1. The van der Waals surface area contributed by atoms with Gasteiger partial charge in [-0.05, 0) is 13.3 Å². The van der Waals surface area contributed by atoms with Crippen molar-refractivity contribution < 1.29 is 27.9 Å². The van der Waals surface area contributed by atoms with Crippen molar-refractivity contribution in [3.05, 3.63) is 0 Å². The highest BCUT2D eigenvalue weighted by Gasteiger charge is 2.42. The van der Waals surface area contributed by atoms with Crippen LogP contribution in [-0.4, -0.2) is 75.1 Å². The summed E-state index contributed by atoms with van der Waals surface area (Å²) in [5, 5.41) is 11.2. The average molecular weight is 323 g/mol. The highest BCUT2D eigenvalue weighted by molar-refractivity contribution is 7.88. The average Bonchev–Trinajstić information content (AvgIpc) is 2.30. The number of nitrogens with one attached hydrogen (secondary N) is 2. The number of carbonyl (C=O) groups is 2. The van der Waals surface area contributed by atoms with E-state index in [9.17, 15) is 18.0 Å². The van der Waals surface area contributed by atoms with Crippen molar-refractivity contribution in [2.75, 3.05) is 39.0 Å². The molecule has 1 saturated heterocycles. The maximum Gasteiger partial charge on any atom is 0.329 e. The van der Waals surface area contributed by atoms with Gasteiger partial charge in [0, 0.05) is 13.1 Å². The Balaban J connectivity index is 2.14. The Morgan fingerprint density at radius 1 is 1.33 bits per heavy atom. The van der Waals surface area contributed by atoms with Crippen molar-refractivity contribution >= 4 is 22.0 Å². The van der Waals surface area contributed by atoms with Gasteiger partial charge in [0.15, 0.2) is 0 Å². The molecule has 1 fully saturated rings. The molecule has 0 aromatic rings. The molecule has 2 amide bonds. The molecule has 1 rings (SSSR count). The minimum atomic E-state index is -3.20. The summed E-state index contributed by atoms with van der Waals surface area (Å²) in [6.07, 6.45) is 1.56. The Morgan fingerprint density at radius 3 is 2.48 bits per heavy atom. The van der Waals surface area contributed by atoms with E-state index in [2.05, 4.69) is 10.0 Å². The van der Waals surface area contributed by atoms with E-state index in [1.165, 1.54) is 4.90 Å². The molecule has 0 saturated carbocycles. The van der Waals surface area contributed by atoms with Crippen molar-refractivity contribution in [3.8, 4) is 0 Å². The van der Waals surface area contributed by atoms with E-state index in [0.29, 0.717) is 26.1 Å². The van der Waals surface area contributed by atoms with Gasteiger partial charge >= 0.3 is 12.0 Å². The number of aliphatic carboxylic acids is 1. The van der Waals surface area contributed by atoms with Crippen LogP contribution < -0.4 is 10.0 Å². The summed E-state index contributed by atoms with van der Waals surface area (Å²) >= 11 is 0. The molecule has 0 radical (unpaired) electrons. The van der Waals surface area contributed by atoms with Gasteiger partial charge in [0.05, 0.1) is 19.3 Å². The number of urea groups is 1. The van der Waals surface area contributed by atoms with E-state index in [4.69, 9.17) is 9.84 Å². The fourth-order valence-electron chi connectivity index (χ4n) is 1.89. The number of sulfonamides is 1. The van der Waals surface area contributed by atoms with Crippen LogP contribution in [0.3, 0.4) is 0 Å². The lowest BCUT2D eigenvalue weighted by atomic mass is 9.97. The molecule has 0 bridgehead atoms. The molecule has 1 heterocycles. The molecule has 1 aliphatic rings. The quantitative estimate of drug-likeness (QED) is 0.482. The molecule has 0 unspecified atom stereocenters. The van der Waals surface area contributed by atoms with Crippen molar-refractivity contribution in [1.82, 2.24) is 14.9 Å². The number of ether oxygens (including phenoxy) is 1. The number of carbonyl (C=O) groups excluding carboxylic acids is 1. The van der Waals surface area contributed by atoms with E-state index in [-0.39, 0.29) is 19.2 Å². The molecule has 9 nitrogen and oxygen atoms in total. The van der Waals surface area contributed by atoms with Crippen LogP contribution in [0.25, 0.3) is 0 Å². The van der Waals surface area contributed by atoms with E-state index in [1.807, 2.05) is 0 Å². The van der Waals surface area contributed by atoms with E-state index in [1.54, 1.807) is 6.92 Å². The summed E-state index contributed by atoms with van der Waals surface area (Å²) in [6.45, 7) is 2.63. The molecule has 122 valence electrons. The van der Waals surface area contributed by atoms with Crippen LogP contribution in [0.1, 0.15) is 13.3 Å². The summed E-state index contributed by atoms with van der Waals surface area (Å²) in [4.78, 5) is 23.6. The second kappa shape index (κ2) is 7.05. The van der Waals surface area contributed by atoms with Crippen LogP contribution in [0.4, 0.5) is 4.79 Å². The lowest BCUT2D eigenvalue weighted by Crippen LogP contribution is -2.65. The molecule has 3 N–H and O–H groups in total. The number of carboxylic acid groups (broad SMARTS) is 1. The predicted octanol–water partition coefficient (Wildman–Crippen LogP) is -1.19. The summed E-state index contributed by atoms with van der Waals surface area (Å²) in [5.74, 6) is -1.04. The number of hydrogen-bond donors (Lipinski definition) is 3. The van der Waals surface area contributed by atoms with Crippen LogP contribution in [0.5, 0.6) is 0 Å². The number of amides is 2. The first-order chi connectivity index (χ1) is 9.61. The Labute approximate surface area is 123 Å². The molecule has 10 heteroatoms. The molecule has 0 aromatic heterocycles. The monoisotopic (exact) mass is 323 g/mol. The normalized spacial score (nSPS) is 17.1. The maximum atomic E-state index is 11.7. The molecular weight excluding hydrogens is 302 g/mol. The van der Waals surface area contributed by atoms with Gasteiger partial charge in [0.25, 0.3) is 0 Å². The van der Waals surface area contributed by atoms with Crippen molar-refractivity contribution in [2.24, 2.45) is 0 Å². The molecule has 21 heavy (non-hydrogen) atoms. The zero-order valence-corrected chi connectivity index (χ0v) is 12.9. The van der Waals surface area contributed by atoms with Crippen molar-refractivity contribution in [2.45, 2.75) is 18.9 Å². The number of rotatable bonds is 8. The fraction of sp³-hybridized carbons (Fsp3) is 0.818. The minimum Gasteiger partial charge on any atom is -0.480 e. The Bertz CT molecular complexity index is 486. The lowest BCUT2D eigenvalue weighted by Gasteiger charge is -2.46. The lowest BCUT2D eigenvalue weighted by molar-refractivity contribution is -0.159. The van der Waals surface area contributed by atoms with Crippen LogP contribution >= 0.6 is 0 Å². The first kappa shape index (κ1) is 17.7. The molecule has 0 aromatic carbocycles. The first-order valence-corrected chi connectivity index (χ1v) is 8.34. The van der Waals surface area contributed by atoms with Crippen molar-refractivity contribution in [1.29, 1.82) is 0 Å². The van der Waals surface area contributed by atoms with Gasteiger partial charge in [0.2, 0.25) is 10.0 Å². The second-order valence-electron chi connectivity index (χ2n) is 5.24. The molecule has 1 aliphatic heterocycles. The number of likely N-dealkylation sites (tertiary alicyclic amines) is 1. The fourth-order valence-corrected chi connectivity index (χ4v) is 2.40. The molecule has 0 aliphatic carbocycles. The first-order valence-electron chi connectivity index (χ1n) is 6.44. The molecule has 0 atom stereocenters. The van der Waals surface area contributed by atoms with Gasteiger partial charge in [0.1, 0.15) is 12.2 Å². The number of hydrogen-bond acceptors (Lipinski definition) is 5. The largest absolute Gasteiger partial charge is 0.480 e. The van der Waals surface area contributed by atoms with Crippen LogP contribution in [0.15, 0.2) is 0 Å². The smallest absolute Gasteiger partial charge is 0.329 e. The SMILES string of the molecule is CC1(OCC(=O)O)CN(C(=O)NCCCNS(C)(=O)=O)C1. The van der Waals surface area contributed by atoms with Gasteiger partial charge in [-0.1, -0.05) is 0 Å². The summed E-state index contributed by atoms with van der Waals surface area (Å²) in [5.41, 5.74) is -0.617. The number of nitrogens with zero attached hydrogens (tertiary/aromatic N) is 1. The summed E-state index contributed by atoms with van der Waals surface area (Å²) < 4.78 is 29.1. The van der Waals surface area contributed by atoms with Gasteiger partial charge in [-0.3, -0.25) is 0 Å². The Kier molecular flexibility index (Phi) is 5.93. The topological polar surface area (TPSA) is 125 Å². The van der Waals surface area contributed by atoms with Crippen molar-refractivity contribution in [3.63, 3.8) is 0 Å². The highest BCUT2D eigenvalue weighted by atomic mass is 32.2. The third-order valence-electron chi connectivity index (χ3n) is 2.88. The predicted molar refractivity (Wildman–Crippen MR) is 74.4 cm³/mol. The van der Waals surface area contributed by atoms with E-state index < -0.39 is 21.6 Å². The third-order valence-corrected chi connectivity index (χ3v) is 3.60. The van der Waals surface area contributed by atoms with E-state index >= 15 is 0 Å². The third kappa shape index (κ3) is 6.74. The van der Waals surface area contributed by atoms with Gasteiger partial charge in [-0.15, -0.1) is 0 Å². The standard InChI is InChI=1S/C11H21N3O6S/c1-11(20-6-9(15)16)7-14(8-11)10(17)12-4-3-5-13-21(2,18)19/h13H,3-8H2,1-2H3,(H,12,17)(H,15,16). The van der Waals surface area contributed by atoms with Crippen LogP contribution in [0.2, 0.25) is 0 Å². The molecule has 0 spiro atoms. The Hall–Kier alpha value is -1.39. The highest BCUT2D eigenvalue weighted by Crippen LogP contribution is 2.24. The zero-order valence-electron chi connectivity index (χ0n) is 12.1. The van der Waals surface area contributed by atoms with Gasteiger partial charge in [-0.25, -0.2) is 22.7 Å². The van der Waals surface area contributed by atoms with Gasteiger partial charge in [-0.2, -0.15) is 0 Å². The second-order valence-corrected chi connectivity index (χ2v) is 7.07. The maximum absolute atomic E-state index is 11.7. The minimum absolute atomic E-state index is 0.262.